The van der Waals surface area contributed by atoms with Gasteiger partial charge in [-0.15, -0.1) is 11.3 Å². The SMILES string of the molecule is CCNCc1cnc(C)cc1N(Cc1cccs1)C(C)C. The van der Waals surface area contributed by atoms with E-state index < -0.39 is 0 Å². The van der Waals surface area contributed by atoms with Gasteiger partial charge in [-0.1, -0.05) is 13.0 Å². The molecule has 2 heterocycles. The summed E-state index contributed by atoms with van der Waals surface area (Å²) >= 11 is 1.82. The Bertz CT molecular complexity index is 549. The van der Waals surface area contributed by atoms with E-state index in [1.807, 2.05) is 17.5 Å². The maximum Gasteiger partial charge on any atom is 0.0525 e. The van der Waals surface area contributed by atoms with Crippen molar-refractivity contribution in [1.29, 1.82) is 0 Å². The number of pyridine rings is 1. The van der Waals surface area contributed by atoms with Crippen molar-refractivity contribution < 1.29 is 0 Å². The molecule has 0 saturated heterocycles. The van der Waals surface area contributed by atoms with Crippen molar-refractivity contribution in [3.8, 4) is 0 Å². The van der Waals surface area contributed by atoms with Gasteiger partial charge < -0.3 is 10.2 Å². The van der Waals surface area contributed by atoms with Crippen molar-refractivity contribution in [2.45, 2.75) is 46.8 Å². The molecule has 0 bridgehead atoms. The molecule has 21 heavy (non-hydrogen) atoms. The normalized spacial score (nSPS) is 11.1. The van der Waals surface area contributed by atoms with E-state index in [2.05, 4.69) is 66.5 Å². The molecular weight excluding hydrogens is 278 g/mol. The van der Waals surface area contributed by atoms with Crippen LogP contribution in [0.25, 0.3) is 0 Å². The molecule has 0 aromatic carbocycles. The first kappa shape index (κ1) is 16.0. The van der Waals surface area contributed by atoms with Crippen LogP contribution in [-0.2, 0) is 13.1 Å². The number of nitrogens with one attached hydrogen (secondary N) is 1. The van der Waals surface area contributed by atoms with Crippen molar-refractivity contribution in [2.24, 2.45) is 0 Å². The summed E-state index contributed by atoms with van der Waals surface area (Å²) in [7, 11) is 0. The maximum atomic E-state index is 4.47. The molecule has 0 saturated carbocycles. The van der Waals surface area contributed by atoms with Crippen molar-refractivity contribution in [3.05, 3.63) is 45.9 Å². The van der Waals surface area contributed by atoms with Crippen LogP contribution in [0.4, 0.5) is 5.69 Å². The molecule has 0 unspecified atom stereocenters. The first-order valence-electron chi connectivity index (χ1n) is 7.57. The highest BCUT2D eigenvalue weighted by Gasteiger charge is 2.16. The van der Waals surface area contributed by atoms with Crippen LogP contribution < -0.4 is 10.2 Å². The monoisotopic (exact) mass is 303 g/mol. The zero-order valence-corrected chi connectivity index (χ0v) is 14.2. The van der Waals surface area contributed by atoms with E-state index in [9.17, 15) is 0 Å². The molecule has 2 aromatic heterocycles. The van der Waals surface area contributed by atoms with Gasteiger partial charge in [0.1, 0.15) is 0 Å². The number of rotatable bonds is 7. The van der Waals surface area contributed by atoms with E-state index in [1.165, 1.54) is 16.1 Å². The molecule has 0 radical (unpaired) electrons. The van der Waals surface area contributed by atoms with E-state index in [-0.39, 0.29) is 0 Å². The average molecular weight is 303 g/mol. The number of hydrogen-bond acceptors (Lipinski definition) is 4. The first-order chi connectivity index (χ1) is 10.1. The quantitative estimate of drug-likeness (QED) is 0.838. The lowest BCUT2D eigenvalue weighted by Gasteiger charge is -2.31. The zero-order chi connectivity index (χ0) is 15.2. The second-order valence-corrected chi connectivity index (χ2v) is 6.57. The van der Waals surface area contributed by atoms with E-state index >= 15 is 0 Å². The molecule has 3 nitrogen and oxygen atoms in total. The predicted molar refractivity (Wildman–Crippen MR) is 92.0 cm³/mol. The molecule has 114 valence electrons. The van der Waals surface area contributed by atoms with Crippen LogP contribution in [0.5, 0.6) is 0 Å². The van der Waals surface area contributed by atoms with Gasteiger partial charge in [-0.05, 0) is 44.8 Å². The number of hydrogen-bond donors (Lipinski definition) is 1. The minimum atomic E-state index is 0.453. The molecule has 0 fully saturated rings. The van der Waals surface area contributed by atoms with Gasteiger partial charge in [0.25, 0.3) is 0 Å². The van der Waals surface area contributed by atoms with Gasteiger partial charge in [-0.25, -0.2) is 0 Å². The third kappa shape index (κ3) is 4.29. The smallest absolute Gasteiger partial charge is 0.0525 e. The van der Waals surface area contributed by atoms with Crippen molar-refractivity contribution in [2.75, 3.05) is 11.4 Å². The van der Waals surface area contributed by atoms with Gasteiger partial charge in [0.05, 0.1) is 6.54 Å². The Morgan fingerprint density at radius 2 is 2.19 bits per heavy atom. The van der Waals surface area contributed by atoms with Gasteiger partial charge >= 0.3 is 0 Å². The Morgan fingerprint density at radius 1 is 1.38 bits per heavy atom. The molecule has 0 aliphatic rings. The highest BCUT2D eigenvalue weighted by Crippen LogP contribution is 2.26. The first-order valence-corrected chi connectivity index (χ1v) is 8.45. The summed E-state index contributed by atoms with van der Waals surface area (Å²) in [6.07, 6.45) is 2.01. The molecule has 0 atom stereocenters. The largest absolute Gasteiger partial charge is 0.364 e. The number of aryl methyl sites for hydroxylation is 1. The van der Waals surface area contributed by atoms with Gasteiger partial charge in [0, 0.05) is 40.6 Å². The lowest BCUT2D eigenvalue weighted by atomic mass is 10.1. The van der Waals surface area contributed by atoms with Crippen LogP contribution in [0, 0.1) is 6.92 Å². The van der Waals surface area contributed by atoms with Crippen molar-refractivity contribution in [1.82, 2.24) is 10.3 Å². The Labute approximate surface area is 132 Å². The number of thiophene rings is 1. The van der Waals surface area contributed by atoms with Gasteiger partial charge in [0.15, 0.2) is 0 Å². The minimum absolute atomic E-state index is 0.453. The highest BCUT2D eigenvalue weighted by molar-refractivity contribution is 7.09. The molecule has 4 heteroatoms. The topological polar surface area (TPSA) is 28.2 Å². The Balaban J connectivity index is 2.31. The summed E-state index contributed by atoms with van der Waals surface area (Å²) in [5.74, 6) is 0. The summed E-state index contributed by atoms with van der Waals surface area (Å²) in [6.45, 7) is 11.5. The van der Waals surface area contributed by atoms with Crippen LogP contribution in [0.3, 0.4) is 0 Å². The number of anilines is 1. The zero-order valence-electron chi connectivity index (χ0n) is 13.4. The fourth-order valence-corrected chi connectivity index (χ4v) is 3.06. The summed E-state index contributed by atoms with van der Waals surface area (Å²) in [5, 5.41) is 5.56. The second kappa shape index (κ2) is 7.57. The van der Waals surface area contributed by atoms with E-state index in [0.717, 1.165) is 25.3 Å². The van der Waals surface area contributed by atoms with Crippen LogP contribution in [0.15, 0.2) is 29.8 Å². The Hall–Kier alpha value is -1.39. The van der Waals surface area contributed by atoms with Crippen LogP contribution in [0.2, 0.25) is 0 Å². The van der Waals surface area contributed by atoms with Crippen molar-refractivity contribution >= 4 is 17.0 Å². The summed E-state index contributed by atoms with van der Waals surface area (Å²) in [4.78, 5) is 8.33. The van der Waals surface area contributed by atoms with Crippen molar-refractivity contribution in [3.63, 3.8) is 0 Å². The molecule has 0 aliphatic carbocycles. The fourth-order valence-electron chi connectivity index (χ4n) is 2.35. The summed E-state index contributed by atoms with van der Waals surface area (Å²) < 4.78 is 0. The lowest BCUT2D eigenvalue weighted by molar-refractivity contribution is 0.669. The van der Waals surface area contributed by atoms with Gasteiger partial charge in [0.2, 0.25) is 0 Å². The molecule has 2 rings (SSSR count). The summed E-state index contributed by atoms with van der Waals surface area (Å²) in [6, 6.07) is 6.99. The molecule has 0 spiro atoms. The fraction of sp³-hybridized carbons (Fsp3) is 0.471. The average Bonchev–Trinajstić information content (AvgIpc) is 2.96. The Kier molecular flexibility index (Phi) is 5.76. The van der Waals surface area contributed by atoms with E-state index in [0.29, 0.717) is 6.04 Å². The molecular formula is C17H25N3S. The maximum absolute atomic E-state index is 4.47. The second-order valence-electron chi connectivity index (χ2n) is 5.54. The third-order valence-corrected chi connectivity index (χ3v) is 4.36. The lowest BCUT2D eigenvalue weighted by Crippen LogP contribution is -2.31. The minimum Gasteiger partial charge on any atom is -0.364 e. The number of nitrogens with zero attached hydrogens (tertiary/aromatic N) is 2. The third-order valence-electron chi connectivity index (χ3n) is 3.50. The predicted octanol–water partition coefficient (Wildman–Crippen LogP) is 3.98. The Morgan fingerprint density at radius 3 is 2.81 bits per heavy atom. The molecule has 2 aromatic rings. The standard InChI is InChI=1S/C17H25N3S/c1-5-18-10-15-11-19-14(4)9-17(15)20(13(2)3)12-16-7-6-8-21-16/h6-9,11,13,18H,5,10,12H2,1-4H3. The molecule has 0 aliphatic heterocycles. The van der Waals surface area contributed by atoms with Crippen LogP contribution >= 0.6 is 11.3 Å². The van der Waals surface area contributed by atoms with Crippen LogP contribution in [0.1, 0.15) is 36.9 Å². The van der Waals surface area contributed by atoms with Crippen LogP contribution in [-0.4, -0.2) is 17.6 Å². The van der Waals surface area contributed by atoms with Gasteiger partial charge in [-0.2, -0.15) is 0 Å². The highest BCUT2D eigenvalue weighted by atomic mass is 32.1. The molecule has 0 amide bonds. The molecule has 1 N–H and O–H groups in total. The van der Waals surface area contributed by atoms with Gasteiger partial charge in [-0.3, -0.25) is 4.98 Å². The van der Waals surface area contributed by atoms with E-state index in [4.69, 9.17) is 0 Å². The summed E-state index contributed by atoms with van der Waals surface area (Å²) in [5.41, 5.74) is 3.64. The van der Waals surface area contributed by atoms with E-state index in [1.54, 1.807) is 0 Å². The number of aromatic nitrogens is 1.